The Hall–Kier alpha value is -1.81. The first-order valence-corrected chi connectivity index (χ1v) is 8.14. The largest absolute Gasteiger partial charge is 0.366 e. The number of nitrogens with one attached hydrogen (secondary N) is 1. The van der Waals surface area contributed by atoms with Gasteiger partial charge in [0.15, 0.2) is 0 Å². The van der Waals surface area contributed by atoms with Gasteiger partial charge in [-0.1, -0.05) is 30.7 Å². The number of benzene rings is 1. The average molecular weight is 317 g/mol. The lowest BCUT2D eigenvalue weighted by Crippen LogP contribution is -2.33. The minimum atomic E-state index is 0.727. The highest BCUT2D eigenvalue weighted by Crippen LogP contribution is 2.22. The molecule has 2 heterocycles. The van der Waals surface area contributed by atoms with E-state index in [-0.39, 0.29) is 0 Å². The Kier molecular flexibility index (Phi) is 4.78. The van der Waals surface area contributed by atoms with Gasteiger partial charge in [0, 0.05) is 30.7 Å². The van der Waals surface area contributed by atoms with E-state index < -0.39 is 0 Å². The molecular formula is C17H21ClN4. The Balaban J connectivity index is 1.62. The van der Waals surface area contributed by atoms with E-state index in [1.807, 2.05) is 30.3 Å². The number of piperidine rings is 1. The van der Waals surface area contributed by atoms with Crippen molar-refractivity contribution in [2.75, 3.05) is 23.3 Å². The molecule has 1 N–H and O–H groups in total. The quantitative estimate of drug-likeness (QED) is 0.926. The summed E-state index contributed by atoms with van der Waals surface area (Å²) in [7, 11) is 0. The Morgan fingerprint density at radius 3 is 2.64 bits per heavy atom. The first-order chi connectivity index (χ1) is 10.7. The van der Waals surface area contributed by atoms with Crippen molar-refractivity contribution in [3.8, 4) is 0 Å². The lowest BCUT2D eigenvalue weighted by Gasteiger charge is -2.31. The predicted molar refractivity (Wildman–Crippen MR) is 91.4 cm³/mol. The minimum absolute atomic E-state index is 0.727. The average Bonchev–Trinajstić information content (AvgIpc) is 2.55. The minimum Gasteiger partial charge on any atom is -0.366 e. The summed E-state index contributed by atoms with van der Waals surface area (Å²) in [6.07, 6.45) is 4.10. The molecule has 0 atom stereocenters. The topological polar surface area (TPSA) is 41.0 Å². The van der Waals surface area contributed by atoms with Crippen LogP contribution in [0.5, 0.6) is 0 Å². The van der Waals surface area contributed by atoms with Crippen molar-refractivity contribution in [1.82, 2.24) is 9.97 Å². The zero-order chi connectivity index (χ0) is 15.4. The van der Waals surface area contributed by atoms with Crippen LogP contribution in [0.1, 0.15) is 25.3 Å². The van der Waals surface area contributed by atoms with E-state index in [2.05, 4.69) is 27.1 Å². The summed E-state index contributed by atoms with van der Waals surface area (Å²) in [5.74, 6) is 2.69. The molecule has 2 aromatic rings. The van der Waals surface area contributed by atoms with E-state index in [4.69, 9.17) is 11.6 Å². The Morgan fingerprint density at radius 1 is 1.18 bits per heavy atom. The summed E-state index contributed by atoms with van der Waals surface area (Å²) in [5, 5.41) is 4.10. The lowest BCUT2D eigenvalue weighted by molar-refractivity contribution is 0.436. The second kappa shape index (κ2) is 6.97. The first-order valence-electron chi connectivity index (χ1n) is 7.76. The standard InChI is InChI=1S/C17H21ClN4/c1-13-6-8-22(9-7-13)17-10-16(20-12-21-17)19-11-14-2-4-15(18)5-3-14/h2-5,10,12-13H,6-9,11H2,1H3,(H,19,20,21). The van der Waals surface area contributed by atoms with Gasteiger partial charge in [-0.3, -0.25) is 0 Å². The van der Waals surface area contributed by atoms with Crippen LogP contribution >= 0.6 is 11.6 Å². The summed E-state index contributed by atoms with van der Waals surface area (Å²) in [6, 6.07) is 9.87. The molecule has 1 aliphatic rings. The summed E-state index contributed by atoms with van der Waals surface area (Å²) < 4.78 is 0. The van der Waals surface area contributed by atoms with Crippen molar-refractivity contribution in [3.63, 3.8) is 0 Å². The fourth-order valence-corrected chi connectivity index (χ4v) is 2.78. The van der Waals surface area contributed by atoms with Gasteiger partial charge in [-0.15, -0.1) is 0 Å². The van der Waals surface area contributed by atoms with Crippen LogP contribution in [0.4, 0.5) is 11.6 Å². The third-order valence-electron chi connectivity index (χ3n) is 4.15. The Bertz CT molecular complexity index is 606. The molecule has 4 nitrogen and oxygen atoms in total. The molecule has 116 valence electrons. The van der Waals surface area contributed by atoms with Crippen molar-refractivity contribution in [2.45, 2.75) is 26.3 Å². The van der Waals surface area contributed by atoms with Crippen LogP contribution < -0.4 is 10.2 Å². The molecule has 1 saturated heterocycles. The molecule has 1 aromatic heterocycles. The Morgan fingerprint density at radius 2 is 1.91 bits per heavy atom. The van der Waals surface area contributed by atoms with Crippen LogP contribution in [0.3, 0.4) is 0 Å². The van der Waals surface area contributed by atoms with Crippen LogP contribution in [0, 0.1) is 5.92 Å². The first kappa shape index (κ1) is 15.1. The van der Waals surface area contributed by atoms with E-state index in [0.717, 1.165) is 42.2 Å². The maximum Gasteiger partial charge on any atom is 0.134 e. The van der Waals surface area contributed by atoms with E-state index in [0.29, 0.717) is 0 Å². The number of hydrogen-bond acceptors (Lipinski definition) is 4. The van der Waals surface area contributed by atoms with Gasteiger partial charge >= 0.3 is 0 Å². The van der Waals surface area contributed by atoms with Crippen LogP contribution in [-0.2, 0) is 6.54 Å². The van der Waals surface area contributed by atoms with E-state index in [9.17, 15) is 0 Å². The number of hydrogen-bond donors (Lipinski definition) is 1. The molecule has 1 aromatic carbocycles. The van der Waals surface area contributed by atoms with Crippen LogP contribution in [0.25, 0.3) is 0 Å². The highest BCUT2D eigenvalue weighted by Gasteiger charge is 2.17. The number of halogens is 1. The fourth-order valence-electron chi connectivity index (χ4n) is 2.65. The zero-order valence-electron chi connectivity index (χ0n) is 12.8. The lowest BCUT2D eigenvalue weighted by atomic mass is 9.99. The monoisotopic (exact) mass is 316 g/mol. The highest BCUT2D eigenvalue weighted by molar-refractivity contribution is 6.30. The maximum atomic E-state index is 5.90. The molecule has 0 aliphatic carbocycles. The molecule has 0 radical (unpaired) electrons. The van der Waals surface area contributed by atoms with Gasteiger partial charge in [0.1, 0.15) is 18.0 Å². The van der Waals surface area contributed by atoms with Crippen LogP contribution in [-0.4, -0.2) is 23.1 Å². The van der Waals surface area contributed by atoms with Gasteiger partial charge in [-0.05, 0) is 36.5 Å². The van der Waals surface area contributed by atoms with E-state index in [1.54, 1.807) is 6.33 Å². The zero-order valence-corrected chi connectivity index (χ0v) is 13.6. The molecule has 0 unspecified atom stereocenters. The van der Waals surface area contributed by atoms with Crippen molar-refractivity contribution in [2.24, 2.45) is 5.92 Å². The normalized spacial score (nSPS) is 15.8. The van der Waals surface area contributed by atoms with Crippen LogP contribution in [0.2, 0.25) is 5.02 Å². The second-order valence-electron chi connectivity index (χ2n) is 5.91. The van der Waals surface area contributed by atoms with Gasteiger partial charge in [-0.2, -0.15) is 0 Å². The Labute approximate surface area is 136 Å². The maximum absolute atomic E-state index is 5.90. The summed E-state index contributed by atoms with van der Waals surface area (Å²) in [6.45, 7) is 5.20. The molecule has 22 heavy (non-hydrogen) atoms. The molecule has 0 saturated carbocycles. The van der Waals surface area contributed by atoms with Gasteiger partial charge in [-0.25, -0.2) is 9.97 Å². The van der Waals surface area contributed by atoms with Gasteiger partial charge in [0.2, 0.25) is 0 Å². The molecule has 0 amide bonds. The van der Waals surface area contributed by atoms with Crippen molar-refractivity contribution in [3.05, 3.63) is 47.2 Å². The second-order valence-corrected chi connectivity index (χ2v) is 6.35. The summed E-state index contributed by atoms with van der Waals surface area (Å²) in [4.78, 5) is 11.1. The molecule has 1 fully saturated rings. The summed E-state index contributed by atoms with van der Waals surface area (Å²) >= 11 is 5.90. The summed E-state index contributed by atoms with van der Waals surface area (Å²) in [5.41, 5.74) is 1.18. The number of aromatic nitrogens is 2. The number of rotatable bonds is 4. The van der Waals surface area contributed by atoms with Gasteiger partial charge in [0.25, 0.3) is 0 Å². The third-order valence-corrected chi connectivity index (χ3v) is 4.40. The molecule has 5 heteroatoms. The van der Waals surface area contributed by atoms with Gasteiger partial charge < -0.3 is 10.2 Å². The van der Waals surface area contributed by atoms with E-state index >= 15 is 0 Å². The third kappa shape index (κ3) is 3.89. The number of nitrogens with zero attached hydrogens (tertiary/aromatic N) is 3. The molecule has 1 aliphatic heterocycles. The fraction of sp³-hybridized carbons (Fsp3) is 0.412. The smallest absolute Gasteiger partial charge is 0.134 e. The molecule has 0 spiro atoms. The molecule has 0 bridgehead atoms. The molecular weight excluding hydrogens is 296 g/mol. The van der Waals surface area contributed by atoms with Crippen molar-refractivity contribution < 1.29 is 0 Å². The van der Waals surface area contributed by atoms with Gasteiger partial charge in [0.05, 0.1) is 0 Å². The van der Waals surface area contributed by atoms with E-state index in [1.165, 1.54) is 18.4 Å². The van der Waals surface area contributed by atoms with Crippen LogP contribution in [0.15, 0.2) is 36.7 Å². The number of anilines is 2. The van der Waals surface area contributed by atoms with Crippen molar-refractivity contribution >= 4 is 23.2 Å². The predicted octanol–water partition coefficient (Wildman–Crippen LogP) is 3.98. The molecule has 3 rings (SSSR count). The highest BCUT2D eigenvalue weighted by atomic mass is 35.5. The van der Waals surface area contributed by atoms with Crippen molar-refractivity contribution in [1.29, 1.82) is 0 Å². The SMILES string of the molecule is CC1CCN(c2cc(NCc3ccc(Cl)cc3)ncn2)CC1.